The summed E-state index contributed by atoms with van der Waals surface area (Å²) >= 11 is 0. The zero-order valence-electron chi connectivity index (χ0n) is 17.2. The van der Waals surface area contributed by atoms with Crippen LogP contribution in [0, 0.1) is 6.92 Å². The number of nitrogens with zero attached hydrogens (tertiary/aromatic N) is 1. The monoisotopic (exact) mass is 424 g/mol. The molecular formula is C26H20N2O4. The number of phenolic OH excluding ortho intramolecular Hbond substituents is 1. The largest absolute Gasteiger partial charge is 0.508 e. The number of fused-ring (bicyclic) bond motifs is 1. The van der Waals surface area contributed by atoms with Gasteiger partial charge >= 0.3 is 0 Å². The summed E-state index contributed by atoms with van der Waals surface area (Å²) in [4.78, 5) is 30.9. The van der Waals surface area contributed by atoms with Gasteiger partial charge in [0.25, 0.3) is 11.7 Å². The molecule has 32 heavy (non-hydrogen) atoms. The van der Waals surface area contributed by atoms with Crippen molar-refractivity contribution >= 4 is 34.0 Å². The number of aromatic nitrogens is 1. The first-order chi connectivity index (χ1) is 15.5. The lowest BCUT2D eigenvalue weighted by molar-refractivity contribution is -0.132. The number of rotatable bonds is 3. The van der Waals surface area contributed by atoms with E-state index in [-0.39, 0.29) is 17.1 Å². The van der Waals surface area contributed by atoms with Gasteiger partial charge < -0.3 is 15.2 Å². The Morgan fingerprint density at radius 1 is 0.969 bits per heavy atom. The van der Waals surface area contributed by atoms with E-state index >= 15 is 0 Å². The van der Waals surface area contributed by atoms with Crippen molar-refractivity contribution in [3.8, 4) is 5.75 Å². The number of hydrogen-bond acceptors (Lipinski definition) is 4. The maximum atomic E-state index is 13.2. The van der Waals surface area contributed by atoms with Crippen molar-refractivity contribution in [2.45, 2.75) is 13.0 Å². The molecule has 1 fully saturated rings. The first-order valence-electron chi connectivity index (χ1n) is 10.2. The molecule has 6 nitrogen and oxygen atoms in total. The van der Waals surface area contributed by atoms with E-state index in [1.165, 1.54) is 17.0 Å². The zero-order valence-corrected chi connectivity index (χ0v) is 17.2. The summed E-state index contributed by atoms with van der Waals surface area (Å²) in [6.45, 7) is 1.90. The quantitative estimate of drug-likeness (QED) is 0.250. The molecule has 0 saturated carbocycles. The van der Waals surface area contributed by atoms with E-state index in [0.717, 1.165) is 16.5 Å². The molecule has 0 aliphatic carbocycles. The number of amides is 1. The van der Waals surface area contributed by atoms with Crippen molar-refractivity contribution in [2.24, 2.45) is 0 Å². The third-order valence-corrected chi connectivity index (χ3v) is 5.78. The van der Waals surface area contributed by atoms with Gasteiger partial charge in [-0.05, 0) is 48.4 Å². The van der Waals surface area contributed by atoms with Crippen molar-refractivity contribution in [3.63, 3.8) is 0 Å². The second kappa shape index (κ2) is 7.42. The molecule has 0 spiro atoms. The van der Waals surface area contributed by atoms with Gasteiger partial charge in [-0.15, -0.1) is 0 Å². The lowest BCUT2D eigenvalue weighted by Gasteiger charge is -2.25. The summed E-state index contributed by atoms with van der Waals surface area (Å²) in [6, 6.07) is 20.2. The third-order valence-electron chi connectivity index (χ3n) is 5.78. The number of carbonyl (C=O) groups is 2. The van der Waals surface area contributed by atoms with Gasteiger partial charge in [-0.3, -0.25) is 14.5 Å². The minimum Gasteiger partial charge on any atom is -0.508 e. The molecule has 1 unspecified atom stereocenters. The fourth-order valence-corrected chi connectivity index (χ4v) is 4.26. The third kappa shape index (κ3) is 3.04. The molecule has 1 aliphatic heterocycles. The summed E-state index contributed by atoms with van der Waals surface area (Å²) in [5.74, 6) is -1.64. The molecule has 1 amide bonds. The number of aromatic amines is 1. The number of benzene rings is 3. The lowest BCUT2D eigenvalue weighted by atomic mass is 9.95. The maximum absolute atomic E-state index is 13.2. The Balaban J connectivity index is 1.76. The average molecular weight is 424 g/mol. The van der Waals surface area contributed by atoms with Gasteiger partial charge in [-0.25, -0.2) is 0 Å². The number of carbonyl (C=O) groups excluding carboxylic acids is 2. The molecule has 5 rings (SSSR count). The number of phenols is 1. The second-order valence-corrected chi connectivity index (χ2v) is 7.85. The van der Waals surface area contributed by atoms with Crippen LogP contribution in [0.5, 0.6) is 5.75 Å². The smallest absolute Gasteiger partial charge is 0.300 e. The van der Waals surface area contributed by atoms with E-state index in [0.29, 0.717) is 16.8 Å². The van der Waals surface area contributed by atoms with Gasteiger partial charge in [0.15, 0.2) is 0 Å². The predicted octanol–water partition coefficient (Wildman–Crippen LogP) is 4.81. The molecule has 1 saturated heterocycles. The number of nitrogens with one attached hydrogen (secondary N) is 1. The number of para-hydroxylation sites is 1. The van der Waals surface area contributed by atoms with Crippen LogP contribution in [0.3, 0.4) is 0 Å². The number of anilines is 1. The number of aryl methyl sites for hydroxylation is 1. The van der Waals surface area contributed by atoms with Crippen LogP contribution in [0.25, 0.3) is 16.7 Å². The Hall–Kier alpha value is -4.32. The van der Waals surface area contributed by atoms with E-state index < -0.39 is 17.7 Å². The minimum atomic E-state index is -0.842. The van der Waals surface area contributed by atoms with Crippen LogP contribution in [0.2, 0.25) is 0 Å². The Kier molecular flexibility index (Phi) is 4.56. The minimum absolute atomic E-state index is 0.00643. The molecule has 158 valence electrons. The molecule has 3 aromatic carbocycles. The number of hydrogen-bond donors (Lipinski definition) is 3. The van der Waals surface area contributed by atoms with Crippen molar-refractivity contribution in [1.82, 2.24) is 4.98 Å². The van der Waals surface area contributed by atoms with Crippen LogP contribution < -0.4 is 4.90 Å². The summed E-state index contributed by atoms with van der Waals surface area (Å²) in [5.41, 5.74) is 3.36. The molecule has 2 heterocycles. The van der Waals surface area contributed by atoms with Crippen LogP contribution in [-0.4, -0.2) is 26.9 Å². The molecule has 4 aromatic rings. The number of aliphatic hydroxyl groups is 1. The Morgan fingerprint density at radius 2 is 1.72 bits per heavy atom. The molecule has 0 bridgehead atoms. The first-order valence-corrected chi connectivity index (χ1v) is 10.2. The average Bonchev–Trinajstić information content (AvgIpc) is 3.33. The number of aliphatic hydroxyl groups excluding tert-OH is 1. The first kappa shape index (κ1) is 19.6. The highest BCUT2D eigenvalue weighted by atomic mass is 16.3. The van der Waals surface area contributed by atoms with Gasteiger partial charge in [0.05, 0.1) is 11.6 Å². The Morgan fingerprint density at radius 3 is 2.47 bits per heavy atom. The van der Waals surface area contributed by atoms with Gasteiger partial charge in [0, 0.05) is 28.4 Å². The number of aromatic hydroxyl groups is 1. The zero-order chi connectivity index (χ0) is 22.4. The highest BCUT2D eigenvalue weighted by Gasteiger charge is 2.47. The van der Waals surface area contributed by atoms with Crippen LogP contribution in [0.4, 0.5) is 5.69 Å². The highest BCUT2D eigenvalue weighted by molar-refractivity contribution is 6.51. The van der Waals surface area contributed by atoms with Crippen molar-refractivity contribution in [1.29, 1.82) is 0 Å². The number of Topliss-reactive ketones (excluding diaryl/α,β-unsaturated/α-hetero) is 1. The van der Waals surface area contributed by atoms with Crippen LogP contribution in [-0.2, 0) is 9.59 Å². The van der Waals surface area contributed by atoms with Gasteiger partial charge in [0.2, 0.25) is 0 Å². The summed E-state index contributed by atoms with van der Waals surface area (Å²) in [5, 5.41) is 21.8. The summed E-state index contributed by atoms with van der Waals surface area (Å²) in [7, 11) is 0. The highest BCUT2D eigenvalue weighted by Crippen LogP contribution is 2.43. The molecule has 6 heteroatoms. The molecule has 1 aliphatic rings. The fraction of sp³-hybridized carbons (Fsp3) is 0.0769. The predicted molar refractivity (Wildman–Crippen MR) is 122 cm³/mol. The molecule has 1 aromatic heterocycles. The Bertz CT molecular complexity index is 1400. The van der Waals surface area contributed by atoms with Crippen LogP contribution >= 0.6 is 0 Å². The van der Waals surface area contributed by atoms with Crippen molar-refractivity contribution < 1.29 is 19.8 Å². The van der Waals surface area contributed by atoms with E-state index in [4.69, 9.17) is 0 Å². The number of H-pyrrole nitrogens is 1. The summed E-state index contributed by atoms with van der Waals surface area (Å²) < 4.78 is 0. The lowest BCUT2D eigenvalue weighted by Crippen LogP contribution is -2.29. The normalized spacial score (nSPS) is 17.9. The second-order valence-electron chi connectivity index (χ2n) is 7.85. The van der Waals surface area contributed by atoms with Crippen molar-refractivity contribution in [2.75, 3.05) is 4.90 Å². The molecule has 1 atom stereocenters. The SMILES string of the molecule is Cc1cccc(N2C(=O)C(=O)/C(=C(\O)c3c[nH]c4ccccc34)C2c2ccc(O)cc2)c1. The van der Waals surface area contributed by atoms with Crippen molar-refractivity contribution in [3.05, 3.63) is 101 Å². The van der Waals surface area contributed by atoms with E-state index in [9.17, 15) is 19.8 Å². The standard InChI is InChI=1S/C26H20N2O4/c1-15-5-4-6-17(13-15)28-23(16-9-11-18(29)12-10-16)22(25(31)26(28)32)24(30)20-14-27-21-8-3-2-7-19(20)21/h2-14,23,27,29-30H,1H3/b24-22-. The topological polar surface area (TPSA) is 93.6 Å². The molecule has 0 radical (unpaired) electrons. The Labute approximate surface area is 184 Å². The van der Waals surface area contributed by atoms with Gasteiger partial charge in [-0.1, -0.05) is 42.5 Å². The summed E-state index contributed by atoms with van der Waals surface area (Å²) in [6.07, 6.45) is 1.63. The van der Waals surface area contributed by atoms with Crippen LogP contribution in [0.1, 0.15) is 22.7 Å². The molecular weight excluding hydrogens is 404 g/mol. The van der Waals surface area contributed by atoms with Gasteiger partial charge in [0.1, 0.15) is 11.5 Å². The van der Waals surface area contributed by atoms with E-state index in [1.807, 2.05) is 49.4 Å². The number of ketones is 1. The maximum Gasteiger partial charge on any atom is 0.300 e. The molecule has 3 N–H and O–H groups in total. The van der Waals surface area contributed by atoms with E-state index in [2.05, 4.69) is 4.98 Å². The fourth-order valence-electron chi connectivity index (χ4n) is 4.26. The van der Waals surface area contributed by atoms with E-state index in [1.54, 1.807) is 24.4 Å². The van der Waals surface area contributed by atoms with Gasteiger partial charge in [-0.2, -0.15) is 0 Å². The van der Waals surface area contributed by atoms with Crippen LogP contribution in [0.15, 0.2) is 84.6 Å².